The van der Waals surface area contributed by atoms with Gasteiger partial charge in [0.05, 0.1) is 0 Å². The Morgan fingerprint density at radius 1 is 1.19 bits per heavy atom. The third-order valence-electron chi connectivity index (χ3n) is 5.31. The summed E-state index contributed by atoms with van der Waals surface area (Å²) in [7, 11) is 0. The minimum atomic E-state index is -0.226. The van der Waals surface area contributed by atoms with Crippen LogP contribution in [-0.2, 0) is 4.79 Å². The first-order valence-corrected chi connectivity index (χ1v) is 10.3. The van der Waals surface area contributed by atoms with Gasteiger partial charge in [-0.2, -0.15) is 0 Å². The van der Waals surface area contributed by atoms with Crippen LogP contribution in [0.3, 0.4) is 0 Å². The summed E-state index contributed by atoms with van der Waals surface area (Å²) in [6.07, 6.45) is 3.28. The van der Waals surface area contributed by atoms with E-state index in [1.165, 1.54) is 17.3 Å². The van der Waals surface area contributed by atoms with Crippen LogP contribution in [0.25, 0.3) is 0 Å². The maximum Gasteiger partial charge on any atom is 0.191 e. The Hall–Kier alpha value is -2.34. The molecule has 0 spiro atoms. The zero-order valence-corrected chi connectivity index (χ0v) is 16.9. The maximum atomic E-state index is 13.2. The molecule has 0 unspecified atom stereocenters. The van der Waals surface area contributed by atoms with Crippen molar-refractivity contribution in [2.24, 2.45) is 5.41 Å². The Bertz CT molecular complexity index is 963. The van der Waals surface area contributed by atoms with E-state index in [0.29, 0.717) is 17.4 Å². The van der Waals surface area contributed by atoms with E-state index in [1.807, 2.05) is 6.26 Å². The van der Waals surface area contributed by atoms with Gasteiger partial charge in [0.25, 0.3) is 0 Å². The molecule has 1 aliphatic carbocycles. The van der Waals surface area contributed by atoms with Gasteiger partial charge in [-0.05, 0) is 30.6 Å². The number of nitrogens with zero attached hydrogens (tertiary/aromatic N) is 2. The Morgan fingerprint density at radius 3 is 2.56 bits per heavy atom. The molecule has 0 fully saturated rings. The number of hydrogen-bond acceptors (Lipinski definition) is 6. The number of carbonyl (C=O) groups is 1. The van der Waals surface area contributed by atoms with Crippen molar-refractivity contribution in [1.29, 1.82) is 0 Å². The molecular formula is C21H24N4OS. The van der Waals surface area contributed by atoms with Crippen molar-refractivity contribution in [3.05, 3.63) is 52.2 Å². The van der Waals surface area contributed by atoms with Crippen molar-refractivity contribution in [3.63, 3.8) is 0 Å². The fraction of sp³-hybridized carbons (Fsp3) is 0.381. The number of rotatable bonds is 2. The average molecular weight is 381 g/mol. The number of allylic oxidation sites excluding steroid dienone is 2. The highest BCUT2D eigenvalue weighted by Crippen LogP contribution is 2.49. The zero-order chi connectivity index (χ0) is 19.3. The lowest BCUT2D eigenvalue weighted by Gasteiger charge is -2.39. The number of nitrogens with one attached hydrogen (secondary N) is 1. The number of aromatic nitrogens is 2. The number of hydrogen-bond donors (Lipinski definition) is 2. The van der Waals surface area contributed by atoms with Gasteiger partial charge in [0.15, 0.2) is 10.9 Å². The van der Waals surface area contributed by atoms with E-state index in [2.05, 4.69) is 60.3 Å². The van der Waals surface area contributed by atoms with Gasteiger partial charge in [0, 0.05) is 29.2 Å². The number of thioether (sulfide) groups is 1. The smallest absolute Gasteiger partial charge is 0.191 e. The van der Waals surface area contributed by atoms with E-state index < -0.39 is 0 Å². The van der Waals surface area contributed by atoms with Gasteiger partial charge < -0.3 is 11.1 Å². The monoisotopic (exact) mass is 380 g/mol. The van der Waals surface area contributed by atoms with Gasteiger partial charge in [-0.25, -0.2) is 9.97 Å². The fourth-order valence-corrected chi connectivity index (χ4v) is 4.47. The molecule has 0 bridgehead atoms. The predicted octanol–water partition coefficient (Wildman–Crippen LogP) is 4.29. The molecule has 3 N–H and O–H groups in total. The first-order valence-electron chi connectivity index (χ1n) is 9.10. The number of aryl methyl sites for hydroxylation is 1. The summed E-state index contributed by atoms with van der Waals surface area (Å²) in [5.74, 6) is 1.11. The van der Waals surface area contributed by atoms with E-state index >= 15 is 0 Å². The lowest BCUT2D eigenvalue weighted by atomic mass is 9.69. The number of anilines is 2. The standard InChI is InChI=1S/C21H24N4OS/c1-11-5-7-12(8-6-11)15-16-13(9-21(2,3)10-14(16)26)23-19-17(15)18(22)24-20(25-19)27-4/h5-8,15H,9-10H2,1-4H3,(H3,22,23,24,25)/t15-/m0/s1. The van der Waals surface area contributed by atoms with Crippen LogP contribution in [-0.4, -0.2) is 22.0 Å². The summed E-state index contributed by atoms with van der Waals surface area (Å²) in [4.78, 5) is 22.3. The SMILES string of the molecule is CSc1nc(N)c2c(n1)NC1=C(C(=O)CC(C)(C)C1)[C@@H]2c1ccc(C)cc1. The van der Waals surface area contributed by atoms with E-state index in [-0.39, 0.29) is 17.1 Å². The molecule has 6 heteroatoms. The van der Waals surface area contributed by atoms with Gasteiger partial charge in [-0.3, -0.25) is 4.79 Å². The van der Waals surface area contributed by atoms with Crippen LogP contribution < -0.4 is 11.1 Å². The van der Waals surface area contributed by atoms with Crippen LogP contribution in [0.2, 0.25) is 0 Å². The van der Waals surface area contributed by atoms with Crippen molar-refractivity contribution < 1.29 is 4.79 Å². The largest absolute Gasteiger partial charge is 0.383 e. The van der Waals surface area contributed by atoms with Crippen LogP contribution in [0.1, 0.15) is 49.3 Å². The highest BCUT2D eigenvalue weighted by atomic mass is 32.2. The predicted molar refractivity (Wildman–Crippen MR) is 110 cm³/mol. The van der Waals surface area contributed by atoms with Crippen LogP contribution >= 0.6 is 11.8 Å². The summed E-state index contributed by atoms with van der Waals surface area (Å²) in [6.45, 7) is 6.32. The minimum absolute atomic E-state index is 0.0703. The molecule has 1 aromatic heterocycles. The molecule has 2 aromatic rings. The van der Waals surface area contributed by atoms with E-state index in [4.69, 9.17) is 5.73 Å². The molecule has 2 aliphatic rings. The number of Topliss-reactive ketones (excluding diaryl/α,β-unsaturated/α-hetero) is 1. The third-order valence-corrected chi connectivity index (χ3v) is 5.86. The van der Waals surface area contributed by atoms with Crippen LogP contribution in [0.4, 0.5) is 11.6 Å². The van der Waals surface area contributed by atoms with Crippen LogP contribution in [0.5, 0.6) is 0 Å². The third kappa shape index (κ3) is 3.12. The molecule has 140 valence electrons. The summed E-state index contributed by atoms with van der Waals surface area (Å²) >= 11 is 1.46. The van der Waals surface area contributed by atoms with Crippen LogP contribution in [0, 0.1) is 12.3 Å². The normalized spacial score (nSPS) is 20.7. The van der Waals surface area contributed by atoms with E-state index in [9.17, 15) is 4.79 Å². The number of nitrogen functional groups attached to an aromatic ring is 1. The number of fused-ring (bicyclic) bond motifs is 1. The number of carbonyl (C=O) groups excluding carboxylic acids is 1. The molecule has 0 saturated heterocycles. The Morgan fingerprint density at radius 2 is 1.89 bits per heavy atom. The molecule has 1 aliphatic heterocycles. The lowest BCUT2D eigenvalue weighted by Crippen LogP contribution is -2.34. The van der Waals surface area contributed by atoms with Gasteiger partial charge in [-0.15, -0.1) is 0 Å². The van der Waals surface area contributed by atoms with Gasteiger partial charge in [-0.1, -0.05) is 55.4 Å². The Labute approximate surface area is 163 Å². The zero-order valence-electron chi connectivity index (χ0n) is 16.1. The van der Waals surface area contributed by atoms with Crippen molar-refractivity contribution in [3.8, 4) is 0 Å². The molecule has 0 amide bonds. The second-order valence-electron chi connectivity index (χ2n) is 8.16. The topological polar surface area (TPSA) is 80.9 Å². The molecule has 1 aromatic carbocycles. The second kappa shape index (κ2) is 6.37. The summed E-state index contributed by atoms with van der Waals surface area (Å²) in [5, 5.41) is 4.06. The number of benzene rings is 1. The van der Waals surface area contributed by atoms with Crippen molar-refractivity contribution in [2.75, 3.05) is 17.3 Å². The first kappa shape index (κ1) is 18.0. The molecule has 4 rings (SSSR count). The quantitative estimate of drug-likeness (QED) is 0.597. The van der Waals surface area contributed by atoms with E-state index in [0.717, 1.165) is 34.6 Å². The minimum Gasteiger partial charge on any atom is -0.383 e. The number of nitrogens with two attached hydrogens (primary N) is 1. The van der Waals surface area contributed by atoms with Crippen molar-refractivity contribution >= 4 is 29.2 Å². The van der Waals surface area contributed by atoms with E-state index in [1.54, 1.807) is 0 Å². The summed E-state index contributed by atoms with van der Waals surface area (Å²) in [5.41, 5.74) is 11.1. The van der Waals surface area contributed by atoms with Gasteiger partial charge in [0.1, 0.15) is 11.6 Å². The molecular weight excluding hydrogens is 356 g/mol. The second-order valence-corrected chi connectivity index (χ2v) is 8.93. The summed E-state index contributed by atoms with van der Waals surface area (Å²) < 4.78 is 0. The van der Waals surface area contributed by atoms with Crippen LogP contribution in [0.15, 0.2) is 40.7 Å². The lowest BCUT2D eigenvalue weighted by molar-refractivity contribution is -0.118. The number of ketones is 1. The highest BCUT2D eigenvalue weighted by Gasteiger charge is 2.42. The molecule has 5 nitrogen and oxygen atoms in total. The Balaban J connectivity index is 1.96. The molecule has 0 saturated carbocycles. The average Bonchev–Trinajstić information content (AvgIpc) is 2.59. The Kier molecular flexibility index (Phi) is 4.26. The van der Waals surface area contributed by atoms with Crippen molar-refractivity contribution in [2.45, 2.75) is 44.7 Å². The molecule has 2 heterocycles. The van der Waals surface area contributed by atoms with Gasteiger partial charge in [0.2, 0.25) is 0 Å². The van der Waals surface area contributed by atoms with Crippen molar-refractivity contribution in [1.82, 2.24) is 9.97 Å². The highest BCUT2D eigenvalue weighted by molar-refractivity contribution is 7.98. The molecule has 27 heavy (non-hydrogen) atoms. The first-order chi connectivity index (χ1) is 12.8. The fourth-order valence-electron chi connectivity index (χ4n) is 4.10. The summed E-state index contributed by atoms with van der Waals surface area (Å²) in [6, 6.07) is 8.30. The van der Waals surface area contributed by atoms with Gasteiger partial charge >= 0.3 is 0 Å². The molecule has 0 radical (unpaired) electrons. The molecule has 1 atom stereocenters. The maximum absolute atomic E-state index is 13.2.